The van der Waals surface area contributed by atoms with Gasteiger partial charge in [-0.1, -0.05) is 6.92 Å². The van der Waals surface area contributed by atoms with Gasteiger partial charge in [-0.25, -0.2) is 4.79 Å². The number of urea groups is 1. The van der Waals surface area contributed by atoms with Crippen molar-refractivity contribution in [3.05, 3.63) is 0 Å². The number of carbonyl (C=O) groups excluding carboxylic acids is 1. The number of unbranched alkanes of at least 4 members (excludes halogenated alkanes) is 2. The highest BCUT2D eigenvalue weighted by molar-refractivity contribution is 5.74. The predicted molar refractivity (Wildman–Crippen MR) is 68.4 cm³/mol. The molecule has 0 fully saturated rings. The number of rotatable bonds is 9. The molecule has 0 radical (unpaired) electrons. The number of aliphatic hydroxyl groups excluding tert-OH is 1. The van der Waals surface area contributed by atoms with Crippen LogP contribution in [0.5, 0.6) is 0 Å². The zero-order valence-electron chi connectivity index (χ0n) is 11.2. The van der Waals surface area contributed by atoms with E-state index in [1.807, 2.05) is 0 Å². The van der Waals surface area contributed by atoms with Crippen molar-refractivity contribution in [2.75, 3.05) is 26.7 Å². The topological polar surface area (TPSA) is 89.9 Å². The van der Waals surface area contributed by atoms with Crippen LogP contribution < -0.4 is 5.32 Å². The molecule has 0 aromatic heterocycles. The smallest absolute Gasteiger partial charge is 0.317 e. The van der Waals surface area contributed by atoms with Crippen LogP contribution >= 0.6 is 0 Å². The molecule has 0 aliphatic carbocycles. The Morgan fingerprint density at radius 2 is 1.94 bits per heavy atom. The van der Waals surface area contributed by atoms with Gasteiger partial charge in [-0.2, -0.15) is 0 Å². The molecule has 0 saturated heterocycles. The third-order valence-corrected chi connectivity index (χ3v) is 2.77. The van der Waals surface area contributed by atoms with Crippen LogP contribution in [-0.2, 0) is 4.79 Å². The molecule has 1 unspecified atom stereocenters. The molecule has 1 atom stereocenters. The summed E-state index contributed by atoms with van der Waals surface area (Å²) < 4.78 is 0. The molecule has 0 spiro atoms. The van der Waals surface area contributed by atoms with E-state index >= 15 is 0 Å². The van der Waals surface area contributed by atoms with Crippen molar-refractivity contribution in [1.82, 2.24) is 10.2 Å². The number of carboxylic acids is 1. The molecule has 3 N–H and O–H groups in total. The second kappa shape index (κ2) is 9.70. The zero-order valence-corrected chi connectivity index (χ0v) is 11.2. The average Bonchev–Trinajstić information content (AvgIpc) is 2.33. The number of aliphatic hydroxyl groups is 1. The molecular formula is C12H24N2O4. The van der Waals surface area contributed by atoms with Crippen molar-refractivity contribution >= 4 is 12.0 Å². The van der Waals surface area contributed by atoms with Gasteiger partial charge in [0.2, 0.25) is 0 Å². The molecule has 0 aromatic rings. The molecule has 2 amide bonds. The number of amides is 2. The van der Waals surface area contributed by atoms with E-state index in [0.717, 1.165) is 19.3 Å². The summed E-state index contributed by atoms with van der Waals surface area (Å²) in [5, 5.41) is 20.0. The van der Waals surface area contributed by atoms with Crippen LogP contribution in [0.3, 0.4) is 0 Å². The van der Waals surface area contributed by atoms with Crippen LogP contribution in [0.25, 0.3) is 0 Å². The Labute approximate surface area is 108 Å². The monoisotopic (exact) mass is 260 g/mol. The molecule has 0 bridgehead atoms. The van der Waals surface area contributed by atoms with Gasteiger partial charge in [0.15, 0.2) is 0 Å². The van der Waals surface area contributed by atoms with Gasteiger partial charge in [-0.15, -0.1) is 0 Å². The number of carboxylic acid groups (broad SMARTS) is 1. The van der Waals surface area contributed by atoms with E-state index in [2.05, 4.69) is 5.32 Å². The molecule has 106 valence electrons. The Morgan fingerprint density at radius 3 is 2.50 bits per heavy atom. The highest BCUT2D eigenvalue weighted by atomic mass is 16.4. The van der Waals surface area contributed by atoms with Gasteiger partial charge in [-0.3, -0.25) is 4.79 Å². The molecule has 0 aliphatic heterocycles. The maximum Gasteiger partial charge on any atom is 0.317 e. The Bertz CT molecular complexity index is 258. The van der Waals surface area contributed by atoms with Crippen LogP contribution in [0.2, 0.25) is 0 Å². The van der Waals surface area contributed by atoms with Crippen LogP contribution in [0.1, 0.15) is 32.6 Å². The Morgan fingerprint density at radius 1 is 1.28 bits per heavy atom. The first-order valence-corrected chi connectivity index (χ1v) is 6.31. The molecular weight excluding hydrogens is 236 g/mol. The number of carbonyl (C=O) groups is 2. The van der Waals surface area contributed by atoms with E-state index in [4.69, 9.17) is 10.2 Å². The standard InChI is InChI=1S/C12H24N2O4/c1-10(11(16)17)6-7-13-12(18)14(2)8-4-3-5-9-15/h10,15H,3-9H2,1-2H3,(H,13,18)(H,16,17). The lowest BCUT2D eigenvalue weighted by Crippen LogP contribution is -2.38. The summed E-state index contributed by atoms with van der Waals surface area (Å²) in [5.41, 5.74) is 0. The van der Waals surface area contributed by atoms with E-state index in [0.29, 0.717) is 19.5 Å². The zero-order chi connectivity index (χ0) is 14.0. The van der Waals surface area contributed by atoms with Crippen LogP contribution in [0, 0.1) is 5.92 Å². The van der Waals surface area contributed by atoms with E-state index in [9.17, 15) is 9.59 Å². The fraction of sp³-hybridized carbons (Fsp3) is 0.833. The van der Waals surface area contributed by atoms with Crippen LogP contribution in [0.4, 0.5) is 4.79 Å². The van der Waals surface area contributed by atoms with Gasteiger partial charge >= 0.3 is 12.0 Å². The normalized spacial score (nSPS) is 11.9. The van der Waals surface area contributed by atoms with Crippen LogP contribution in [0.15, 0.2) is 0 Å². The van der Waals surface area contributed by atoms with E-state index in [-0.39, 0.29) is 12.6 Å². The van der Waals surface area contributed by atoms with E-state index in [1.165, 1.54) is 0 Å². The second-order valence-electron chi connectivity index (χ2n) is 4.47. The van der Waals surface area contributed by atoms with Crippen molar-refractivity contribution in [2.45, 2.75) is 32.6 Å². The maximum atomic E-state index is 11.6. The number of aliphatic carboxylic acids is 1. The Kier molecular flexibility index (Phi) is 9.00. The second-order valence-corrected chi connectivity index (χ2v) is 4.47. The van der Waals surface area contributed by atoms with Gasteiger partial charge in [-0.05, 0) is 25.7 Å². The first kappa shape index (κ1) is 16.7. The average molecular weight is 260 g/mol. The highest BCUT2D eigenvalue weighted by Gasteiger charge is 2.12. The lowest BCUT2D eigenvalue weighted by atomic mass is 10.1. The number of nitrogens with one attached hydrogen (secondary N) is 1. The minimum absolute atomic E-state index is 0.184. The fourth-order valence-electron chi connectivity index (χ4n) is 1.39. The van der Waals surface area contributed by atoms with Crippen molar-refractivity contribution in [1.29, 1.82) is 0 Å². The third kappa shape index (κ3) is 7.89. The fourth-order valence-corrected chi connectivity index (χ4v) is 1.39. The molecule has 0 aromatic carbocycles. The minimum atomic E-state index is -0.846. The molecule has 0 heterocycles. The van der Waals surface area contributed by atoms with Gasteiger partial charge in [0, 0.05) is 26.7 Å². The largest absolute Gasteiger partial charge is 0.481 e. The Hall–Kier alpha value is -1.30. The van der Waals surface area contributed by atoms with Gasteiger partial charge in [0.1, 0.15) is 0 Å². The van der Waals surface area contributed by atoms with E-state index < -0.39 is 11.9 Å². The number of hydrogen-bond donors (Lipinski definition) is 3. The summed E-state index contributed by atoms with van der Waals surface area (Å²) >= 11 is 0. The van der Waals surface area contributed by atoms with Gasteiger partial charge in [0.25, 0.3) is 0 Å². The van der Waals surface area contributed by atoms with Crippen molar-refractivity contribution < 1.29 is 19.8 Å². The lowest BCUT2D eigenvalue weighted by Gasteiger charge is -2.18. The number of nitrogens with zero attached hydrogens (tertiary/aromatic N) is 1. The lowest BCUT2D eigenvalue weighted by molar-refractivity contribution is -0.141. The first-order valence-electron chi connectivity index (χ1n) is 6.31. The van der Waals surface area contributed by atoms with Crippen LogP contribution in [-0.4, -0.2) is 53.9 Å². The van der Waals surface area contributed by atoms with E-state index in [1.54, 1.807) is 18.9 Å². The molecule has 0 aliphatic rings. The van der Waals surface area contributed by atoms with Crippen molar-refractivity contribution in [3.63, 3.8) is 0 Å². The number of hydrogen-bond acceptors (Lipinski definition) is 3. The predicted octanol–water partition coefficient (Wildman–Crippen LogP) is 0.901. The highest BCUT2D eigenvalue weighted by Crippen LogP contribution is 2.00. The summed E-state index contributed by atoms with van der Waals surface area (Å²) in [4.78, 5) is 23.7. The van der Waals surface area contributed by atoms with Gasteiger partial charge < -0.3 is 20.4 Å². The summed E-state index contributed by atoms with van der Waals surface area (Å²) in [6.07, 6.45) is 2.94. The summed E-state index contributed by atoms with van der Waals surface area (Å²) in [6, 6.07) is -0.184. The summed E-state index contributed by atoms with van der Waals surface area (Å²) in [7, 11) is 1.70. The molecule has 6 heteroatoms. The van der Waals surface area contributed by atoms with Crippen molar-refractivity contribution in [2.24, 2.45) is 5.92 Å². The quantitative estimate of drug-likeness (QED) is 0.537. The van der Waals surface area contributed by atoms with Crippen molar-refractivity contribution in [3.8, 4) is 0 Å². The van der Waals surface area contributed by atoms with Gasteiger partial charge in [0.05, 0.1) is 5.92 Å². The molecule has 18 heavy (non-hydrogen) atoms. The minimum Gasteiger partial charge on any atom is -0.481 e. The Balaban J connectivity index is 3.64. The summed E-state index contributed by atoms with van der Waals surface area (Å²) in [6.45, 7) is 2.81. The first-order chi connectivity index (χ1) is 8.49. The molecule has 0 rings (SSSR count). The SMILES string of the molecule is CC(CCNC(=O)N(C)CCCCCO)C(=O)O. The molecule has 6 nitrogen and oxygen atoms in total. The third-order valence-electron chi connectivity index (χ3n) is 2.77. The maximum absolute atomic E-state index is 11.6. The summed E-state index contributed by atoms with van der Waals surface area (Å²) in [5.74, 6) is -1.29. The molecule has 0 saturated carbocycles.